The van der Waals surface area contributed by atoms with E-state index in [0.717, 1.165) is 6.54 Å². The number of nitrogens with one attached hydrogen (secondary N) is 1. The summed E-state index contributed by atoms with van der Waals surface area (Å²) in [5.41, 5.74) is 0. The van der Waals surface area contributed by atoms with E-state index in [1.807, 2.05) is 0 Å². The van der Waals surface area contributed by atoms with Gasteiger partial charge < -0.3 is 5.32 Å². The highest BCUT2D eigenvalue weighted by molar-refractivity contribution is 7.93. The Morgan fingerprint density at radius 3 is 2.70 bits per heavy atom. The first kappa shape index (κ1) is 7.97. The van der Waals surface area contributed by atoms with Gasteiger partial charge in [0.1, 0.15) is 0 Å². The van der Waals surface area contributed by atoms with E-state index < -0.39 is 9.73 Å². The molecule has 1 fully saturated rings. The van der Waals surface area contributed by atoms with Gasteiger partial charge >= 0.3 is 0 Å². The summed E-state index contributed by atoms with van der Waals surface area (Å²) >= 11 is 0. The number of rotatable bonds is 1. The van der Waals surface area contributed by atoms with E-state index in [-0.39, 0.29) is 0 Å². The molecule has 0 aromatic rings. The summed E-state index contributed by atoms with van der Waals surface area (Å²) in [6.45, 7) is 0.830. The van der Waals surface area contributed by atoms with Crippen LogP contribution >= 0.6 is 0 Å². The molecule has 5 heteroatoms. The zero-order valence-corrected chi connectivity index (χ0v) is 7.15. The molecule has 60 valence electrons. The normalized spacial score (nSPS) is 33.1. The van der Waals surface area contributed by atoms with Gasteiger partial charge in [0.05, 0.1) is 15.6 Å². The molecule has 0 bridgehead atoms. The van der Waals surface area contributed by atoms with Crippen molar-refractivity contribution in [3.63, 3.8) is 0 Å². The SMILES string of the molecule is CN(C)N=S1(=O)CCNC1. The van der Waals surface area contributed by atoms with E-state index in [2.05, 4.69) is 9.79 Å². The molecule has 1 atom stereocenters. The molecule has 0 radical (unpaired) electrons. The third-order valence-corrected chi connectivity index (χ3v) is 3.36. The van der Waals surface area contributed by atoms with Gasteiger partial charge in [-0.05, 0) is 0 Å². The molecular weight excluding hydrogens is 150 g/mol. The van der Waals surface area contributed by atoms with Crippen molar-refractivity contribution in [1.82, 2.24) is 10.3 Å². The van der Waals surface area contributed by atoms with Crippen molar-refractivity contribution >= 4 is 9.73 Å². The maximum Gasteiger partial charge on any atom is 0.0821 e. The minimum atomic E-state index is -1.91. The van der Waals surface area contributed by atoms with Gasteiger partial charge in [0.15, 0.2) is 0 Å². The van der Waals surface area contributed by atoms with Crippen LogP contribution in [0.3, 0.4) is 0 Å². The van der Waals surface area contributed by atoms with Crippen LogP contribution in [0.25, 0.3) is 0 Å². The van der Waals surface area contributed by atoms with Crippen LogP contribution in [0.15, 0.2) is 4.47 Å². The second-order valence-corrected chi connectivity index (χ2v) is 4.96. The van der Waals surface area contributed by atoms with Gasteiger partial charge in [-0.15, -0.1) is 4.47 Å². The Morgan fingerprint density at radius 1 is 1.60 bits per heavy atom. The molecule has 1 N–H and O–H groups in total. The van der Waals surface area contributed by atoms with Crippen LogP contribution in [0.1, 0.15) is 0 Å². The fraction of sp³-hybridized carbons (Fsp3) is 1.00. The summed E-state index contributed by atoms with van der Waals surface area (Å²) in [6.07, 6.45) is 0. The Bertz CT molecular complexity index is 205. The van der Waals surface area contributed by atoms with Crippen LogP contribution < -0.4 is 5.32 Å². The van der Waals surface area contributed by atoms with Crippen LogP contribution in [0.4, 0.5) is 0 Å². The molecule has 1 rings (SSSR count). The Balaban J connectivity index is 2.76. The highest BCUT2D eigenvalue weighted by atomic mass is 32.2. The third-order valence-electron chi connectivity index (χ3n) is 1.24. The van der Waals surface area contributed by atoms with E-state index >= 15 is 0 Å². The lowest BCUT2D eigenvalue weighted by molar-refractivity contribution is 0.441. The molecule has 0 aromatic carbocycles. The Hall–Kier alpha value is -0.130. The number of nitrogens with zero attached hydrogens (tertiary/aromatic N) is 2. The van der Waals surface area contributed by atoms with Crippen molar-refractivity contribution in [2.24, 2.45) is 4.47 Å². The minimum Gasteiger partial charge on any atom is -0.304 e. The van der Waals surface area contributed by atoms with Gasteiger partial charge in [-0.3, -0.25) is 0 Å². The summed E-state index contributed by atoms with van der Waals surface area (Å²) in [7, 11) is 1.68. The number of hydrogen-bond donors (Lipinski definition) is 1. The molecule has 1 aliphatic heterocycles. The molecule has 0 aliphatic carbocycles. The first-order valence-corrected chi connectivity index (χ1v) is 5.08. The quantitative estimate of drug-likeness (QED) is 0.530. The van der Waals surface area contributed by atoms with Gasteiger partial charge in [-0.25, -0.2) is 4.21 Å². The Morgan fingerprint density at radius 2 is 2.30 bits per heavy atom. The van der Waals surface area contributed by atoms with E-state index in [9.17, 15) is 4.21 Å². The monoisotopic (exact) mass is 163 g/mol. The van der Waals surface area contributed by atoms with Crippen molar-refractivity contribution in [2.75, 3.05) is 32.3 Å². The maximum atomic E-state index is 11.5. The summed E-state index contributed by atoms with van der Waals surface area (Å²) in [6, 6.07) is 0. The van der Waals surface area contributed by atoms with Crippen LogP contribution in [0.5, 0.6) is 0 Å². The molecule has 0 aromatic heterocycles. The largest absolute Gasteiger partial charge is 0.304 e. The van der Waals surface area contributed by atoms with Crippen molar-refractivity contribution in [2.45, 2.75) is 0 Å². The second kappa shape index (κ2) is 2.86. The van der Waals surface area contributed by atoms with Crippen LogP contribution in [0, 0.1) is 0 Å². The molecule has 1 unspecified atom stereocenters. The van der Waals surface area contributed by atoms with Crippen molar-refractivity contribution in [3.05, 3.63) is 0 Å². The van der Waals surface area contributed by atoms with E-state index in [4.69, 9.17) is 0 Å². The summed E-state index contributed by atoms with van der Waals surface area (Å²) in [4.78, 5) is 0. The molecule has 1 saturated heterocycles. The Kier molecular flexibility index (Phi) is 2.28. The third kappa shape index (κ3) is 1.93. The molecule has 10 heavy (non-hydrogen) atoms. The standard InChI is InChI=1S/C5H13N3OS/c1-8(2)7-10(9)4-3-6-5-10/h6H,3-5H2,1-2H3. The maximum absolute atomic E-state index is 11.5. The topological polar surface area (TPSA) is 44.7 Å². The molecule has 0 saturated carbocycles. The van der Waals surface area contributed by atoms with Crippen molar-refractivity contribution in [1.29, 1.82) is 0 Å². The zero-order chi connectivity index (χ0) is 7.61. The fourth-order valence-electron chi connectivity index (χ4n) is 0.903. The number of hydrogen-bond acceptors (Lipinski definition) is 3. The minimum absolute atomic E-state index is 0.547. The fourth-order valence-corrected chi connectivity index (χ4v) is 2.71. The average molecular weight is 163 g/mol. The van der Waals surface area contributed by atoms with Gasteiger partial charge in [0.25, 0.3) is 0 Å². The van der Waals surface area contributed by atoms with E-state index in [0.29, 0.717) is 11.6 Å². The predicted molar refractivity (Wildman–Crippen MR) is 42.0 cm³/mol. The predicted octanol–water partition coefficient (Wildman–Crippen LogP) is -0.508. The lowest BCUT2D eigenvalue weighted by Gasteiger charge is -2.03. The highest BCUT2D eigenvalue weighted by Gasteiger charge is 2.15. The summed E-state index contributed by atoms with van der Waals surface area (Å²) in [5.74, 6) is 1.23. The molecule has 0 amide bonds. The molecular formula is C5H13N3OS. The first-order chi connectivity index (χ1) is 4.62. The van der Waals surface area contributed by atoms with Crippen LogP contribution in [-0.4, -0.2) is 41.5 Å². The highest BCUT2D eigenvalue weighted by Crippen LogP contribution is 2.00. The molecule has 0 spiro atoms. The van der Waals surface area contributed by atoms with Gasteiger partial charge in [-0.2, -0.15) is 5.01 Å². The summed E-state index contributed by atoms with van der Waals surface area (Å²) < 4.78 is 15.5. The zero-order valence-electron chi connectivity index (χ0n) is 6.33. The average Bonchev–Trinajstić information content (AvgIpc) is 2.12. The van der Waals surface area contributed by atoms with Gasteiger partial charge in [0.2, 0.25) is 0 Å². The lowest BCUT2D eigenvalue weighted by atomic mass is 10.8. The van der Waals surface area contributed by atoms with Crippen molar-refractivity contribution in [3.8, 4) is 0 Å². The second-order valence-electron chi connectivity index (χ2n) is 2.55. The van der Waals surface area contributed by atoms with E-state index in [1.54, 1.807) is 19.1 Å². The van der Waals surface area contributed by atoms with Gasteiger partial charge in [-0.1, -0.05) is 0 Å². The van der Waals surface area contributed by atoms with Crippen molar-refractivity contribution < 1.29 is 4.21 Å². The first-order valence-electron chi connectivity index (χ1n) is 3.23. The molecule has 4 nitrogen and oxygen atoms in total. The molecule has 1 heterocycles. The van der Waals surface area contributed by atoms with Gasteiger partial charge in [0, 0.05) is 26.4 Å². The smallest absolute Gasteiger partial charge is 0.0821 e. The Labute approximate surface area is 61.8 Å². The molecule has 1 aliphatic rings. The van der Waals surface area contributed by atoms with Crippen LogP contribution in [-0.2, 0) is 9.73 Å². The summed E-state index contributed by atoms with van der Waals surface area (Å²) in [5, 5.41) is 4.64. The lowest BCUT2D eigenvalue weighted by Crippen LogP contribution is -2.13. The van der Waals surface area contributed by atoms with Crippen LogP contribution in [0.2, 0.25) is 0 Å². The van der Waals surface area contributed by atoms with E-state index in [1.165, 1.54) is 0 Å².